The highest BCUT2D eigenvalue weighted by Gasteiger charge is 2.20. The molecule has 16 heavy (non-hydrogen) atoms. The second-order valence-corrected chi connectivity index (χ2v) is 11.5. The van der Waals surface area contributed by atoms with Crippen LogP contribution in [-0.4, -0.2) is 32.0 Å². The predicted octanol–water partition coefficient (Wildman–Crippen LogP) is 3.67. The highest BCUT2D eigenvalue weighted by atomic mass is 28.3. The van der Waals surface area contributed by atoms with Gasteiger partial charge in [0.2, 0.25) is 0 Å². The smallest absolute Gasteiger partial charge is 0.0833 e. The molecule has 98 valence electrons. The van der Waals surface area contributed by atoms with Crippen molar-refractivity contribution in [3.05, 3.63) is 0 Å². The Labute approximate surface area is 102 Å². The van der Waals surface area contributed by atoms with Crippen molar-refractivity contribution < 1.29 is 9.84 Å². The number of rotatable bonds is 9. The van der Waals surface area contributed by atoms with Crippen LogP contribution in [0.1, 0.15) is 39.5 Å². The minimum absolute atomic E-state index is 0.0568. The number of hydrogen-bond donors (Lipinski definition) is 1. The van der Waals surface area contributed by atoms with Crippen LogP contribution < -0.4 is 0 Å². The fraction of sp³-hybridized carbons (Fsp3) is 1.00. The first-order valence-electron chi connectivity index (χ1n) is 6.70. The molecule has 0 aliphatic heterocycles. The molecule has 0 amide bonds. The molecule has 0 aliphatic carbocycles. The lowest BCUT2D eigenvalue weighted by molar-refractivity contribution is -0.0403. The van der Waals surface area contributed by atoms with Crippen molar-refractivity contribution in [2.45, 2.75) is 77.4 Å². The van der Waals surface area contributed by atoms with Crippen molar-refractivity contribution in [3.63, 3.8) is 0 Å². The summed E-state index contributed by atoms with van der Waals surface area (Å²) in [5.74, 6) is 0. The molecule has 0 heterocycles. The number of ether oxygens (including phenoxy) is 1. The van der Waals surface area contributed by atoms with E-state index in [0.29, 0.717) is 0 Å². The molecule has 0 aliphatic rings. The third-order valence-corrected chi connectivity index (χ3v) is 4.47. The Morgan fingerprint density at radius 3 is 2.06 bits per heavy atom. The van der Waals surface area contributed by atoms with Gasteiger partial charge in [0.1, 0.15) is 0 Å². The van der Waals surface area contributed by atoms with E-state index < -0.39 is 8.07 Å². The van der Waals surface area contributed by atoms with E-state index in [-0.39, 0.29) is 12.2 Å². The van der Waals surface area contributed by atoms with Gasteiger partial charge in [-0.05, 0) is 18.9 Å². The lowest BCUT2D eigenvalue weighted by Crippen LogP contribution is -2.31. The standard InChI is InChI=1S/C13H30O2Si/c1-6-8-12(14)13(9-7-2)15-10-11-16(3,4)5/h12-14H,6-11H2,1-5H3/t12-,13+/m0/s1. The summed E-state index contributed by atoms with van der Waals surface area (Å²) in [5, 5.41) is 9.96. The molecule has 1 N–H and O–H groups in total. The Balaban J connectivity index is 3.93. The average Bonchev–Trinajstić information content (AvgIpc) is 2.15. The van der Waals surface area contributed by atoms with Crippen LogP contribution >= 0.6 is 0 Å². The number of hydrogen-bond acceptors (Lipinski definition) is 2. The minimum atomic E-state index is -1.01. The molecule has 0 aromatic carbocycles. The molecule has 2 nitrogen and oxygen atoms in total. The van der Waals surface area contributed by atoms with Crippen LogP contribution in [0.25, 0.3) is 0 Å². The Kier molecular flexibility index (Phi) is 8.33. The molecule has 0 radical (unpaired) electrons. The monoisotopic (exact) mass is 246 g/mol. The third kappa shape index (κ3) is 8.31. The van der Waals surface area contributed by atoms with Gasteiger partial charge in [0.25, 0.3) is 0 Å². The van der Waals surface area contributed by atoms with Gasteiger partial charge < -0.3 is 9.84 Å². The predicted molar refractivity (Wildman–Crippen MR) is 73.7 cm³/mol. The molecule has 0 rings (SSSR count). The quantitative estimate of drug-likeness (QED) is 0.629. The summed E-state index contributed by atoms with van der Waals surface area (Å²) in [6.07, 6.45) is 3.73. The van der Waals surface area contributed by atoms with Gasteiger partial charge in [0.05, 0.1) is 12.2 Å². The number of aliphatic hydroxyl groups is 1. The third-order valence-electron chi connectivity index (χ3n) is 2.77. The Bertz CT molecular complexity index is 166. The molecule has 3 heteroatoms. The van der Waals surface area contributed by atoms with E-state index in [1.165, 1.54) is 6.04 Å². The van der Waals surface area contributed by atoms with Crippen LogP contribution in [-0.2, 0) is 4.74 Å². The zero-order valence-electron chi connectivity index (χ0n) is 11.8. The van der Waals surface area contributed by atoms with E-state index in [1.54, 1.807) is 0 Å². The van der Waals surface area contributed by atoms with Crippen LogP contribution in [0.3, 0.4) is 0 Å². The van der Waals surface area contributed by atoms with Gasteiger partial charge in [0, 0.05) is 14.7 Å². The first kappa shape index (κ1) is 16.1. The van der Waals surface area contributed by atoms with E-state index in [4.69, 9.17) is 4.74 Å². The maximum atomic E-state index is 9.96. The lowest BCUT2D eigenvalue weighted by Gasteiger charge is -2.24. The van der Waals surface area contributed by atoms with Crippen molar-refractivity contribution in [1.82, 2.24) is 0 Å². The summed E-state index contributed by atoms with van der Waals surface area (Å²) in [6, 6.07) is 1.19. The molecule has 0 bridgehead atoms. The maximum Gasteiger partial charge on any atom is 0.0833 e. The van der Waals surface area contributed by atoms with Crippen molar-refractivity contribution in [2.75, 3.05) is 6.61 Å². The second-order valence-electron chi connectivity index (χ2n) is 5.86. The van der Waals surface area contributed by atoms with Gasteiger partial charge >= 0.3 is 0 Å². The molecule has 0 unspecified atom stereocenters. The van der Waals surface area contributed by atoms with Gasteiger partial charge in [-0.3, -0.25) is 0 Å². The summed E-state index contributed by atoms with van der Waals surface area (Å²) in [6.45, 7) is 12.1. The molecular formula is C13H30O2Si. The van der Waals surface area contributed by atoms with Gasteiger partial charge in [-0.1, -0.05) is 46.3 Å². The Hall–Kier alpha value is 0.137. The molecule has 2 atom stereocenters. The van der Waals surface area contributed by atoms with Crippen molar-refractivity contribution in [3.8, 4) is 0 Å². The summed E-state index contributed by atoms with van der Waals surface area (Å²) < 4.78 is 5.86. The fourth-order valence-corrected chi connectivity index (χ4v) is 2.40. The van der Waals surface area contributed by atoms with Crippen molar-refractivity contribution in [1.29, 1.82) is 0 Å². The Morgan fingerprint density at radius 2 is 1.62 bits per heavy atom. The van der Waals surface area contributed by atoms with Crippen molar-refractivity contribution >= 4 is 8.07 Å². The largest absolute Gasteiger partial charge is 0.390 e. The van der Waals surface area contributed by atoms with Crippen LogP contribution in [0.2, 0.25) is 25.7 Å². The molecule has 0 fully saturated rings. The summed E-state index contributed by atoms with van der Waals surface area (Å²) in [4.78, 5) is 0. The second kappa shape index (κ2) is 8.26. The topological polar surface area (TPSA) is 29.5 Å². The first-order valence-corrected chi connectivity index (χ1v) is 10.4. The van der Waals surface area contributed by atoms with Crippen LogP contribution in [0.4, 0.5) is 0 Å². The first-order chi connectivity index (χ1) is 7.40. The zero-order valence-corrected chi connectivity index (χ0v) is 12.8. The maximum absolute atomic E-state index is 9.96. The number of aliphatic hydroxyl groups excluding tert-OH is 1. The van der Waals surface area contributed by atoms with E-state index in [0.717, 1.165) is 32.3 Å². The normalized spacial score (nSPS) is 16.1. The molecular weight excluding hydrogens is 216 g/mol. The molecule has 0 aromatic rings. The van der Waals surface area contributed by atoms with E-state index in [9.17, 15) is 5.11 Å². The van der Waals surface area contributed by atoms with Crippen molar-refractivity contribution in [2.24, 2.45) is 0 Å². The van der Waals surface area contributed by atoms with Crippen LogP contribution in [0, 0.1) is 0 Å². The molecule has 0 spiro atoms. The van der Waals surface area contributed by atoms with Gasteiger partial charge in [-0.25, -0.2) is 0 Å². The Morgan fingerprint density at radius 1 is 1.06 bits per heavy atom. The molecule has 0 saturated heterocycles. The average molecular weight is 246 g/mol. The van der Waals surface area contributed by atoms with E-state index in [2.05, 4.69) is 33.5 Å². The SMILES string of the molecule is CCC[C@H](O)[C@@H](CCC)OCC[Si](C)(C)C. The zero-order chi connectivity index (χ0) is 12.6. The van der Waals surface area contributed by atoms with Gasteiger partial charge in [0.15, 0.2) is 0 Å². The highest BCUT2D eigenvalue weighted by Crippen LogP contribution is 2.15. The molecule has 0 saturated carbocycles. The summed E-state index contributed by atoms with van der Waals surface area (Å²) in [7, 11) is -1.01. The van der Waals surface area contributed by atoms with Crippen LogP contribution in [0.5, 0.6) is 0 Å². The van der Waals surface area contributed by atoms with Crippen LogP contribution in [0.15, 0.2) is 0 Å². The molecule has 0 aromatic heterocycles. The summed E-state index contributed by atoms with van der Waals surface area (Å²) >= 11 is 0. The lowest BCUT2D eigenvalue weighted by atomic mass is 10.0. The van der Waals surface area contributed by atoms with E-state index in [1.807, 2.05) is 0 Å². The van der Waals surface area contributed by atoms with E-state index >= 15 is 0 Å². The van der Waals surface area contributed by atoms with Gasteiger partial charge in [-0.2, -0.15) is 0 Å². The summed E-state index contributed by atoms with van der Waals surface area (Å²) in [5.41, 5.74) is 0. The fourth-order valence-electron chi connectivity index (χ4n) is 1.67. The highest BCUT2D eigenvalue weighted by molar-refractivity contribution is 6.76. The minimum Gasteiger partial charge on any atom is -0.390 e. The van der Waals surface area contributed by atoms with Gasteiger partial charge in [-0.15, -0.1) is 0 Å².